The Balaban J connectivity index is 2.10. The van der Waals surface area contributed by atoms with Gasteiger partial charge in [0.2, 0.25) is 0 Å². The fraction of sp³-hybridized carbons (Fsp3) is 0.636. The van der Waals surface area contributed by atoms with Gasteiger partial charge < -0.3 is 10.5 Å². The molecule has 5 heteroatoms. The molecule has 0 aliphatic rings. The molecular formula is C11H19N3OS. The molecule has 0 atom stereocenters. The average molecular weight is 241 g/mol. The van der Waals surface area contributed by atoms with Crippen LogP contribution in [0.5, 0.6) is 0 Å². The van der Waals surface area contributed by atoms with E-state index in [-0.39, 0.29) is 0 Å². The largest absolute Gasteiger partial charge is 0.381 e. The van der Waals surface area contributed by atoms with Gasteiger partial charge in [-0.25, -0.2) is 9.97 Å². The minimum Gasteiger partial charge on any atom is -0.381 e. The van der Waals surface area contributed by atoms with Crippen LogP contribution in [0, 0.1) is 5.92 Å². The highest BCUT2D eigenvalue weighted by Crippen LogP contribution is 2.19. The summed E-state index contributed by atoms with van der Waals surface area (Å²) in [5.74, 6) is 2.05. The van der Waals surface area contributed by atoms with Crippen molar-refractivity contribution >= 4 is 17.6 Å². The average Bonchev–Trinajstić information content (AvgIpc) is 2.25. The molecule has 1 aromatic rings. The van der Waals surface area contributed by atoms with Crippen molar-refractivity contribution in [2.75, 3.05) is 24.7 Å². The smallest absolute Gasteiger partial charge is 0.156 e. The van der Waals surface area contributed by atoms with E-state index in [1.165, 1.54) is 0 Å². The molecule has 0 unspecified atom stereocenters. The third-order valence-corrected chi connectivity index (χ3v) is 2.96. The first kappa shape index (κ1) is 13.3. The number of anilines is 1. The van der Waals surface area contributed by atoms with Crippen LogP contribution in [0.15, 0.2) is 17.4 Å². The summed E-state index contributed by atoms with van der Waals surface area (Å²) in [6.07, 6.45) is 4.36. The highest BCUT2D eigenvalue weighted by molar-refractivity contribution is 7.99. The zero-order chi connectivity index (χ0) is 11.8. The minimum atomic E-state index is 0.495. The second-order valence-electron chi connectivity index (χ2n) is 3.89. The maximum absolute atomic E-state index is 5.67. The fourth-order valence-corrected chi connectivity index (χ4v) is 1.80. The summed E-state index contributed by atoms with van der Waals surface area (Å²) >= 11 is 1.58. The fourth-order valence-electron chi connectivity index (χ4n) is 1.07. The number of nitrogens with zero attached hydrogens (tertiary/aromatic N) is 2. The molecule has 0 aliphatic carbocycles. The first-order valence-electron chi connectivity index (χ1n) is 5.47. The number of aromatic nitrogens is 2. The summed E-state index contributed by atoms with van der Waals surface area (Å²) in [5.41, 5.74) is 5.67. The quantitative estimate of drug-likeness (QED) is 0.586. The van der Waals surface area contributed by atoms with Crippen LogP contribution < -0.4 is 5.73 Å². The van der Waals surface area contributed by atoms with Crippen LogP contribution in [0.4, 0.5) is 5.82 Å². The number of rotatable bonds is 7. The highest BCUT2D eigenvalue weighted by Gasteiger charge is 2.01. The maximum Gasteiger partial charge on any atom is 0.156 e. The van der Waals surface area contributed by atoms with E-state index in [2.05, 4.69) is 23.8 Å². The molecule has 0 radical (unpaired) electrons. The Morgan fingerprint density at radius 2 is 2.06 bits per heavy atom. The Bertz CT molecular complexity index is 307. The first-order chi connectivity index (χ1) is 7.70. The van der Waals surface area contributed by atoms with E-state index >= 15 is 0 Å². The highest BCUT2D eigenvalue weighted by atomic mass is 32.2. The number of hydrogen-bond donors (Lipinski definition) is 1. The lowest BCUT2D eigenvalue weighted by Gasteiger charge is -2.06. The number of ether oxygens (including phenoxy) is 1. The van der Waals surface area contributed by atoms with E-state index in [1.807, 2.05) is 0 Å². The lowest BCUT2D eigenvalue weighted by atomic mass is 10.1. The van der Waals surface area contributed by atoms with Gasteiger partial charge in [-0.2, -0.15) is 0 Å². The Morgan fingerprint density at radius 3 is 2.75 bits per heavy atom. The van der Waals surface area contributed by atoms with Crippen LogP contribution in [-0.2, 0) is 4.74 Å². The molecular weight excluding hydrogens is 222 g/mol. The zero-order valence-electron chi connectivity index (χ0n) is 9.85. The van der Waals surface area contributed by atoms with Crippen LogP contribution in [0.1, 0.15) is 20.3 Å². The molecule has 0 aliphatic heterocycles. The molecule has 1 rings (SSSR count). The normalized spacial score (nSPS) is 10.9. The minimum absolute atomic E-state index is 0.495. The van der Waals surface area contributed by atoms with Crippen LogP contribution in [0.2, 0.25) is 0 Å². The van der Waals surface area contributed by atoms with Crippen LogP contribution >= 0.6 is 11.8 Å². The van der Waals surface area contributed by atoms with Gasteiger partial charge in [0.1, 0.15) is 5.03 Å². The van der Waals surface area contributed by atoms with Crippen molar-refractivity contribution in [1.29, 1.82) is 0 Å². The molecule has 0 aromatic carbocycles. The van der Waals surface area contributed by atoms with Gasteiger partial charge in [0, 0.05) is 24.8 Å². The Hall–Kier alpha value is -0.810. The van der Waals surface area contributed by atoms with Gasteiger partial charge in [-0.15, -0.1) is 11.8 Å². The molecule has 16 heavy (non-hydrogen) atoms. The first-order valence-corrected chi connectivity index (χ1v) is 6.45. The van der Waals surface area contributed by atoms with Crippen molar-refractivity contribution in [2.45, 2.75) is 25.3 Å². The van der Waals surface area contributed by atoms with E-state index in [1.54, 1.807) is 24.2 Å². The van der Waals surface area contributed by atoms with Crippen molar-refractivity contribution in [1.82, 2.24) is 9.97 Å². The predicted molar refractivity (Wildman–Crippen MR) is 67.4 cm³/mol. The van der Waals surface area contributed by atoms with Gasteiger partial charge in [-0.05, 0) is 12.3 Å². The molecule has 0 saturated carbocycles. The third-order valence-electron chi connectivity index (χ3n) is 2.00. The van der Waals surface area contributed by atoms with Crippen molar-refractivity contribution in [3.8, 4) is 0 Å². The Morgan fingerprint density at radius 1 is 1.31 bits per heavy atom. The van der Waals surface area contributed by atoms with Crippen molar-refractivity contribution < 1.29 is 4.74 Å². The van der Waals surface area contributed by atoms with E-state index in [0.717, 1.165) is 30.4 Å². The molecule has 2 N–H and O–H groups in total. The molecule has 4 nitrogen and oxygen atoms in total. The van der Waals surface area contributed by atoms with Gasteiger partial charge in [-0.1, -0.05) is 13.8 Å². The molecule has 1 heterocycles. The molecule has 0 bridgehead atoms. The summed E-state index contributed by atoms with van der Waals surface area (Å²) in [4.78, 5) is 8.12. The maximum atomic E-state index is 5.67. The van der Waals surface area contributed by atoms with Gasteiger partial charge in [0.15, 0.2) is 5.82 Å². The SMILES string of the molecule is CC(C)CCOCCSc1nccnc1N. The van der Waals surface area contributed by atoms with Crippen molar-refractivity contribution in [2.24, 2.45) is 5.92 Å². The number of thioether (sulfide) groups is 1. The van der Waals surface area contributed by atoms with Gasteiger partial charge in [0.05, 0.1) is 6.61 Å². The molecule has 90 valence electrons. The van der Waals surface area contributed by atoms with Gasteiger partial charge in [-0.3, -0.25) is 0 Å². The second-order valence-corrected chi connectivity index (χ2v) is 4.97. The lowest BCUT2D eigenvalue weighted by molar-refractivity contribution is 0.138. The van der Waals surface area contributed by atoms with Crippen LogP contribution in [-0.4, -0.2) is 28.9 Å². The molecule has 0 amide bonds. The molecule has 0 saturated heterocycles. The Labute approximate surface area is 101 Å². The summed E-state index contributed by atoms with van der Waals surface area (Å²) in [7, 11) is 0. The van der Waals surface area contributed by atoms with Crippen LogP contribution in [0.3, 0.4) is 0 Å². The number of nitrogen functional groups attached to an aromatic ring is 1. The summed E-state index contributed by atoms with van der Waals surface area (Å²) < 4.78 is 5.50. The van der Waals surface area contributed by atoms with E-state index in [9.17, 15) is 0 Å². The molecule has 0 spiro atoms. The zero-order valence-corrected chi connectivity index (χ0v) is 10.7. The van der Waals surface area contributed by atoms with E-state index < -0.39 is 0 Å². The lowest BCUT2D eigenvalue weighted by Crippen LogP contribution is -2.03. The second kappa shape index (κ2) is 7.46. The van der Waals surface area contributed by atoms with Crippen molar-refractivity contribution in [3.63, 3.8) is 0 Å². The topological polar surface area (TPSA) is 61.0 Å². The van der Waals surface area contributed by atoms with Gasteiger partial charge in [0.25, 0.3) is 0 Å². The standard InChI is InChI=1S/C11H19N3OS/c1-9(2)3-6-15-7-8-16-11-10(12)13-4-5-14-11/h4-5,9H,3,6-8H2,1-2H3,(H2,12,13). The third kappa shape index (κ3) is 5.32. The molecule has 0 fully saturated rings. The summed E-state index contributed by atoms with van der Waals surface area (Å²) in [5, 5.41) is 0.787. The Kier molecular flexibility index (Phi) is 6.18. The summed E-state index contributed by atoms with van der Waals surface area (Å²) in [6.45, 7) is 5.94. The van der Waals surface area contributed by atoms with Crippen molar-refractivity contribution in [3.05, 3.63) is 12.4 Å². The number of nitrogens with two attached hydrogens (primary N) is 1. The van der Waals surface area contributed by atoms with Gasteiger partial charge >= 0.3 is 0 Å². The van der Waals surface area contributed by atoms with Crippen LogP contribution in [0.25, 0.3) is 0 Å². The summed E-state index contributed by atoms with van der Waals surface area (Å²) in [6, 6.07) is 0. The van der Waals surface area contributed by atoms with E-state index in [0.29, 0.717) is 11.7 Å². The van der Waals surface area contributed by atoms with E-state index in [4.69, 9.17) is 10.5 Å². The molecule has 1 aromatic heterocycles. The predicted octanol–water partition coefficient (Wildman–Crippen LogP) is 2.21. The monoisotopic (exact) mass is 241 g/mol. The number of hydrogen-bond acceptors (Lipinski definition) is 5.